The van der Waals surface area contributed by atoms with Crippen LogP contribution in [0.4, 0.5) is 0 Å². The highest BCUT2D eigenvalue weighted by molar-refractivity contribution is 6.78. The number of amides is 1. The molecule has 7 heteroatoms. The van der Waals surface area contributed by atoms with E-state index in [1.54, 1.807) is 19.1 Å². The summed E-state index contributed by atoms with van der Waals surface area (Å²) in [6.45, 7) is 8.72. The number of likely N-dealkylation sites (tertiary alicyclic amines) is 2. The van der Waals surface area contributed by atoms with Crippen molar-refractivity contribution < 1.29 is 19.1 Å². The number of fused-ring (bicyclic) bond motifs is 3. The van der Waals surface area contributed by atoms with Crippen LogP contribution in [0.25, 0.3) is 0 Å². The smallest absolute Gasteiger partial charge is 0.235 e. The van der Waals surface area contributed by atoms with Gasteiger partial charge in [0.05, 0.1) is 14.2 Å². The second-order valence-corrected chi connectivity index (χ2v) is 16.1. The maximum absolute atomic E-state index is 13.9. The lowest BCUT2D eigenvalue weighted by Crippen LogP contribution is -2.63. The number of methoxy groups -OCH3 is 2. The molecule has 3 fully saturated rings. The van der Waals surface area contributed by atoms with E-state index in [0.29, 0.717) is 30.0 Å². The molecular formula is C24H32N2O4Si. The Morgan fingerprint density at radius 2 is 1.87 bits per heavy atom. The molecule has 1 amide bonds. The van der Waals surface area contributed by atoms with E-state index < -0.39 is 13.6 Å². The molecule has 5 aliphatic rings. The molecule has 2 aliphatic heterocycles. The van der Waals surface area contributed by atoms with Crippen molar-refractivity contribution in [3.8, 4) is 12.0 Å². The molecule has 0 aromatic heterocycles. The topological polar surface area (TPSA) is 59.1 Å². The summed E-state index contributed by atoms with van der Waals surface area (Å²) in [6.07, 6.45) is 6.10. The monoisotopic (exact) mass is 440 g/mol. The van der Waals surface area contributed by atoms with E-state index in [0.717, 1.165) is 13.0 Å². The number of ether oxygens (including phenoxy) is 2. The van der Waals surface area contributed by atoms with Crippen LogP contribution in [0.5, 0.6) is 0 Å². The van der Waals surface area contributed by atoms with Crippen molar-refractivity contribution in [2.45, 2.75) is 43.6 Å². The molecule has 31 heavy (non-hydrogen) atoms. The van der Waals surface area contributed by atoms with E-state index in [1.807, 2.05) is 0 Å². The van der Waals surface area contributed by atoms with Gasteiger partial charge in [0.1, 0.15) is 0 Å². The van der Waals surface area contributed by atoms with Gasteiger partial charge in [0.25, 0.3) is 0 Å². The van der Waals surface area contributed by atoms with Gasteiger partial charge in [-0.1, -0.05) is 31.8 Å². The van der Waals surface area contributed by atoms with E-state index in [4.69, 9.17) is 9.47 Å². The van der Waals surface area contributed by atoms with Gasteiger partial charge in [0.2, 0.25) is 17.4 Å². The number of Topliss-reactive ketones (excluding diaryl/α,β-unsaturated/α-hetero) is 1. The Morgan fingerprint density at radius 1 is 1.13 bits per heavy atom. The molecule has 0 aromatic carbocycles. The molecule has 3 aliphatic carbocycles. The molecule has 0 N–H and O–H groups in total. The molecule has 0 radical (unpaired) electrons. The van der Waals surface area contributed by atoms with Crippen molar-refractivity contribution in [2.75, 3.05) is 34.4 Å². The zero-order chi connectivity index (χ0) is 22.3. The minimum Gasteiger partial charge on any atom is -0.494 e. The number of carbonyl (C=O) groups excluding carboxylic acids is 2. The SMILES string of the molecule is COC1=C(OC)[C@@]2(C#CN3CCC3=O)N(C)CC[C@]23[C@@H]2C=C[C@@H]([C@H]2[Si](C)(C)C)[C@@H]3C1=O. The zero-order valence-electron chi connectivity index (χ0n) is 19.3. The normalized spacial score (nSPS) is 41.0. The highest BCUT2D eigenvalue weighted by Gasteiger charge is 2.79. The molecule has 2 heterocycles. The third-order valence-corrected chi connectivity index (χ3v) is 11.4. The van der Waals surface area contributed by atoms with Crippen LogP contribution < -0.4 is 0 Å². The lowest BCUT2D eigenvalue weighted by atomic mass is 9.53. The second-order valence-electron chi connectivity index (χ2n) is 10.7. The van der Waals surface area contributed by atoms with Crippen LogP contribution >= 0.6 is 0 Å². The van der Waals surface area contributed by atoms with E-state index in [2.05, 4.69) is 55.7 Å². The van der Waals surface area contributed by atoms with Crippen LogP contribution in [0, 0.1) is 35.1 Å². The first-order valence-electron chi connectivity index (χ1n) is 11.2. The van der Waals surface area contributed by atoms with Gasteiger partial charge in [-0.2, -0.15) is 0 Å². The molecule has 6 atom stereocenters. The first kappa shape index (κ1) is 20.8. The Kier molecular flexibility index (Phi) is 4.36. The molecule has 1 spiro atoms. The molecule has 2 saturated heterocycles. The van der Waals surface area contributed by atoms with E-state index in [-0.39, 0.29) is 34.9 Å². The maximum atomic E-state index is 13.9. The summed E-state index contributed by atoms with van der Waals surface area (Å²) in [4.78, 5) is 29.8. The molecule has 1 saturated carbocycles. The van der Waals surface area contributed by atoms with Gasteiger partial charge in [0, 0.05) is 45.0 Å². The van der Waals surface area contributed by atoms with Crippen molar-refractivity contribution in [3.63, 3.8) is 0 Å². The van der Waals surface area contributed by atoms with Crippen LogP contribution in [0.15, 0.2) is 23.7 Å². The summed E-state index contributed by atoms with van der Waals surface area (Å²) in [6, 6.07) is 3.17. The minimum absolute atomic E-state index is 0.0600. The molecular weight excluding hydrogens is 408 g/mol. The number of likely N-dealkylation sites (N-methyl/N-ethyl adjacent to an activating group) is 1. The molecule has 166 valence electrons. The number of β-lactam (4-membered cyclic amide) rings is 1. The number of hydrogen-bond acceptors (Lipinski definition) is 5. The third kappa shape index (κ3) is 2.28. The zero-order valence-corrected chi connectivity index (χ0v) is 20.3. The lowest BCUT2D eigenvalue weighted by Gasteiger charge is -2.53. The molecule has 2 bridgehead atoms. The highest BCUT2D eigenvalue weighted by atomic mass is 28.3. The quantitative estimate of drug-likeness (QED) is 0.292. The summed E-state index contributed by atoms with van der Waals surface area (Å²) < 4.78 is 11.7. The number of ketones is 1. The Hall–Kier alpha value is -2.04. The van der Waals surface area contributed by atoms with E-state index in [9.17, 15) is 9.59 Å². The predicted octanol–water partition coefficient (Wildman–Crippen LogP) is 2.47. The Morgan fingerprint density at radius 3 is 2.42 bits per heavy atom. The van der Waals surface area contributed by atoms with Crippen LogP contribution in [-0.2, 0) is 19.1 Å². The van der Waals surface area contributed by atoms with Gasteiger partial charge in [-0.05, 0) is 36.8 Å². The third-order valence-electron chi connectivity index (χ3n) is 8.66. The number of allylic oxidation sites excluding steroid dienone is 3. The molecule has 5 rings (SSSR count). The maximum Gasteiger partial charge on any atom is 0.235 e. The largest absolute Gasteiger partial charge is 0.494 e. The van der Waals surface area contributed by atoms with Gasteiger partial charge in [-0.25, -0.2) is 0 Å². The summed E-state index contributed by atoms with van der Waals surface area (Å²) in [5, 5.41) is 0. The van der Waals surface area contributed by atoms with Gasteiger partial charge >= 0.3 is 0 Å². The lowest BCUT2D eigenvalue weighted by molar-refractivity contribution is -0.136. The van der Waals surface area contributed by atoms with Crippen molar-refractivity contribution in [2.24, 2.45) is 23.2 Å². The second kappa shape index (κ2) is 6.49. The van der Waals surface area contributed by atoms with Crippen molar-refractivity contribution in [3.05, 3.63) is 23.7 Å². The minimum atomic E-state index is -1.59. The standard InChI is InChI=1S/C24H32N2O4Si/c1-25-13-10-23-16-8-7-15(21(16)31(4,5)6)18(23)19(28)20(29-2)22(30-3)24(23,25)11-14-26-12-9-17(26)27/h7-8,15-16,18,21H,9-10,12-13H2,1-6H3/t15-,16-,18-,21-,23-,24-/m1/s1. The van der Waals surface area contributed by atoms with Crippen molar-refractivity contribution in [1.29, 1.82) is 0 Å². The van der Waals surface area contributed by atoms with Crippen LogP contribution in [0.1, 0.15) is 12.8 Å². The van der Waals surface area contributed by atoms with Gasteiger partial charge in [-0.15, -0.1) is 0 Å². The fraction of sp³-hybridized carbons (Fsp3) is 0.667. The average Bonchev–Trinajstić information content (AvgIpc) is 3.36. The van der Waals surface area contributed by atoms with Crippen molar-refractivity contribution >= 4 is 19.8 Å². The first-order chi connectivity index (χ1) is 14.6. The number of hydrogen-bond donors (Lipinski definition) is 0. The van der Waals surface area contributed by atoms with E-state index in [1.165, 1.54) is 0 Å². The Labute approximate surface area is 185 Å². The first-order valence-corrected chi connectivity index (χ1v) is 14.8. The number of rotatable bonds is 3. The van der Waals surface area contributed by atoms with E-state index >= 15 is 0 Å². The number of carbonyl (C=O) groups is 2. The highest BCUT2D eigenvalue weighted by Crippen LogP contribution is 2.75. The fourth-order valence-corrected chi connectivity index (χ4v) is 10.5. The summed E-state index contributed by atoms with van der Waals surface area (Å²) >= 11 is 0. The summed E-state index contributed by atoms with van der Waals surface area (Å²) in [5.41, 5.74) is -0.671. The fourth-order valence-electron chi connectivity index (χ4n) is 7.54. The molecule has 0 aromatic rings. The van der Waals surface area contributed by atoms with Gasteiger partial charge in [0.15, 0.2) is 11.3 Å². The molecule has 0 unspecified atom stereocenters. The van der Waals surface area contributed by atoms with Crippen LogP contribution in [0.3, 0.4) is 0 Å². The van der Waals surface area contributed by atoms with Crippen LogP contribution in [-0.4, -0.2) is 69.5 Å². The van der Waals surface area contributed by atoms with Gasteiger partial charge < -0.3 is 9.47 Å². The van der Waals surface area contributed by atoms with Crippen molar-refractivity contribution in [1.82, 2.24) is 9.80 Å². The van der Waals surface area contributed by atoms with Crippen LogP contribution in [0.2, 0.25) is 25.2 Å². The molecule has 6 nitrogen and oxygen atoms in total. The Balaban J connectivity index is 1.79. The Bertz CT molecular complexity index is 986. The van der Waals surface area contributed by atoms with Gasteiger partial charge in [-0.3, -0.25) is 19.4 Å². The summed E-state index contributed by atoms with van der Waals surface area (Å²) in [7, 11) is 3.64. The average molecular weight is 441 g/mol. The number of nitrogens with zero attached hydrogens (tertiary/aromatic N) is 2. The predicted molar refractivity (Wildman–Crippen MR) is 119 cm³/mol. The summed E-state index contributed by atoms with van der Waals surface area (Å²) in [5.74, 6) is 4.79.